The highest BCUT2D eigenvalue weighted by Crippen LogP contribution is 2.34. The summed E-state index contributed by atoms with van der Waals surface area (Å²) in [7, 11) is 0. The average molecular weight is 485 g/mol. The van der Waals surface area contributed by atoms with Gasteiger partial charge in [0.05, 0.1) is 6.04 Å². The molecule has 34 heavy (non-hydrogen) atoms. The molecule has 0 N–H and O–H groups in total. The number of hydrogen-bond donors (Lipinski definition) is 0. The number of benzene rings is 2. The van der Waals surface area contributed by atoms with Crippen LogP contribution in [0.1, 0.15) is 40.2 Å². The SMILES string of the molecule is CCCN(CC(=O)N1CCc2sccc2C1COc1ccccc1F)C(=O)c1cccc(F)c1. The van der Waals surface area contributed by atoms with Crippen molar-refractivity contribution in [2.75, 3.05) is 26.2 Å². The summed E-state index contributed by atoms with van der Waals surface area (Å²) < 4.78 is 33.5. The van der Waals surface area contributed by atoms with Crippen molar-refractivity contribution in [1.29, 1.82) is 0 Å². The highest BCUT2D eigenvalue weighted by Gasteiger charge is 2.33. The molecule has 178 valence electrons. The molecule has 1 aromatic heterocycles. The maximum absolute atomic E-state index is 14.1. The fraction of sp³-hybridized carbons (Fsp3) is 0.308. The Balaban J connectivity index is 1.53. The summed E-state index contributed by atoms with van der Waals surface area (Å²) in [4.78, 5) is 30.8. The van der Waals surface area contributed by atoms with E-state index in [1.165, 1.54) is 34.0 Å². The molecule has 0 radical (unpaired) electrons. The van der Waals surface area contributed by atoms with Crippen molar-refractivity contribution in [2.45, 2.75) is 25.8 Å². The third-order valence-corrected chi connectivity index (χ3v) is 6.82. The number of ether oxygens (including phenoxy) is 1. The van der Waals surface area contributed by atoms with E-state index >= 15 is 0 Å². The molecule has 2 aromatic carbocycles. The standard InChI is InChI=1S/C26H26F2N2O3S/c1-2-12-29(26(32)18-6-5-7-19(27)15-18)16-25(31)30-13-10-24-20(11-14-34-24)22(30)17-33-23-9-4-3-8-21(23)28/h3-9,11,14-15,22H,2,10,12-13,16-17H2,1H3. The van der Waals surface area contributed by atoms with E-state index in [4.69, 9.17) is 4.74 Å². The number of thiophene rings is 1. The van der Waals surface area contributed by atoms with Gasteiger partial charge in [-0.2, -0.15) is 0 Å². The minimum Gasteiger partial charge on any atom is -0.488 e. The first-order valence-corrected chi connectivity index (χ1v) is 12.1. The Labute approximate surface area is 201 Å². The maximum Gasteiger partial charge on any atom is 0.254 e. The van der Waals surface area contributed by atoms with Crippen LogP contribution < -0.4 is 4.74 Å². The summed E-state index contributed by atoms with van der Waals surface area (Å²) in [6.45, 7) is 2.74. The molecular weight excluding hydrogens is 458 g/mol. The zero-order valence-electron chi connectivity index (χ0n) is 18.9. The van der Waals surface area contributed by atoms with Gasteiger partial charge in [-0.05, 0) is 60.2 Å². The van der Waals surface area contributed by atoms with Crippen molar-refractivity contribution in [2.24, 2.45) is 0 Å². The predicted octanol–water partition coefficient (Wildman–Crippen LogP) is 5.08. The summed E-state index contributed by atoms with van der Waals surface area (Å²) >= 11 is 1.63. The molecule has 4 rings (SSSR count). The Hall–Kier alpha value is -3.26. The normalized spacial score (nSPS) is 15.0. The van der Waals surface area contributed by atoms with Crippen LogP contribution in [0.4, 0.5) is 8.78 Å². The van der Waals surface area contributed by atoms with Crippen LogP contribution in [0, 0.1) is 11.6 Å². The third-order valence-electron chi connectivity index (χ3n) is 5.83. The first-order valence-electron chi connectivity index (χ1n) is 11.3. The van der Waals surface area contributed by atoms with Gasteiger partial charge in [-0.25, -0.2) is 8.78 Å². The lowest BCUT2D eigenvalue weighted by Gasteiger charge is -2.37. The van der Waals surface area contributed by atoms with Gasteiger partial charge in [0.15, 0.2) is 11.6 Å². The van der Waals surface area contributed by atoms with Crippen molar-refractivity contribution >= 4 is 23.2 Å². The van der Waals surface area contributed by atoms with Gasteiger partial charge in [0.25, 0.3) is 5.91 Å². The Kier molecular flexibility index (Phi) is 7.57. The lowest BCUT2D eigenvalue weighted by atomic mass is 10.0. The van der Waals surface area contributed by atoms with Crippen LogP contribution in [0.25, 0.3) is 0 Å². The summed E-state index contributed by atoms with van der Waals surface area (Å²) in [6.07, 6.45) is 1.36. The van der Waals surface area contributed by atoms with E-state index in [1.54, 1.807) is 40.5 Å². The Morgan fingerprint density at radius 3 is 2.74 bits per heavy atom. The number of amides is 2. The highest BCUT2D eigenvalue weighted by atomic mass is 32.1. The van der Waals surface area contributed by atoms with E-state index in [-0.39, 0.29) is 36.3 Å². The number of carbonyl (C=O) groups excluding carboxylic acids is 2. The van der Waals surface area contributed by atoms with Crippen molar-refractivity contribution in [1.82, 2.24) is 9.80 Å². The smallest absolute Gasteiger partial charge is 0.254 e. The van der Waals surface area contributed by atoms with Crippen LogP contribution in [-0.4, -0.2) is 47.9 Å². The number of fused-ring (bicyclic) bond motifs is 1. The molecule has 0 saturated carbocycles. The van der Waals surface area contributed by atoms with Gasteiger partial charge in [0.1, 0.15) is 19.0 Å². The summed E-state index contributed by atoms with van der Waals surface area (Å²) in [5.41, 5.74) is 1.19. The molecule has 0 bridgehead atoms. The first-order chi connectivity index (χ1) is 16.5. The molecule has 2 heterocycles. The van der Waals surface area contributed by atoms with Gasteiger partial charge in [-0.15, -0.1) is 11.3 Å². The zero-order chi connectivity index (χ0) is 24.1. The van der Waals surface area contributed by atoms with Gasteiger partial charge < -0.3 is 14.5 Å². The molecule has 1 unspecified atom stereocenters. The Morgan fingerprint density at radius 1 is 1.15 bits per heavy atom. The molecular formula is C26H26F2N2O3S. The van der Waals surface area contributed by atoms with Crippen LogP contribution in [0.3, 0.4) is 0 Å². The molecule has 0 spiro atoms. The van der Waals surface area contributed by atoms with E-state index in [2.05, 4.69) is 0 Å². The van der Waals surface area contributed by atoms with Crippen LogP contribution >= 0.6 is 11.3 Å². The monoisotopic (exact) mass is 484 g/mol. The van der Waals surface area contributed by atoms with E-state index in [0.717, 1.165) is 5.56 Å². The van der Waals surface area contributed by atoms with Gasteiger partial charge in [-0.3, -0.25) is 9.59 Å². The fourth-order valence-electron chi connectivity index (χ4n) is 4.19. The molecule has 0 fully saturated rings. The third kappa shape index (κ3) is 5.28. The predicted molar refractivity (Wildman–Crippen MR) is 127 cm³/mol. The van der Waals surface area contributed by atoms with Crippen molar-refractivity contribution < 1.29 is 23.1 Å². The summed E-state index contributed by atoms with van der Waals surface area (Å²) in [5.74, 6) is -1.44. The van der Waals surface area contributed by atoms with Gasteiger partial charge in [0.2, 0.25) is 5.91 Å². The quantitative estimate of drug-likeness (QED) is 0.448. The lowest BCUT2D eigenvalue weighted by molar-refractivity contribution is -0.135. The van der Waals surface area contributed by atoms with Crippen molar-refractivity contribution in [3.05, 3.63) is 87.6 Å². The topological polar surface area (TPSA) is 49.9 Å². The van der Waals surface area contributed by atoms with Crippen molar-refractivity contribution in [3.63, 3.8) is 0 Å². The number of rotatable bonds is 8. The molecule has 3 aromatic rings. The largest absolute Gasteiger partial charge is 0.488 e. The second-order valence-electron chi connectivity index (χ2n) is 8.13. The minimum atomic E-state index is -0.500. The van der Waals surface area contributed by atoms with Crippen LogP contribution in [0.15, 0.2) is 60.0 Å². The van der Waals surface area contributed by atoms with Crippen LogP contribution in [-0.2, 0) is 11.2 Å². The number of carbonyl (C=O) groups is 2. The summed E-state index contributed by atoms with van der Waals surface area (Å²) in [5, 5.41) is 1.98. The Bertz CT molecular complexity index is 1170. The van der Waals surface area contributed by atoms with Gasteiger partial charge in [-0.1, -0.05) is 25.1 Å². The molecule has 1 aliphatic heterocycles. The minimum absolute atomic E-state index is 0.0992. The van der Waals surface area contributed by atoms with E-state index in [0.29, 0.717) is 25.9 Å². The second-order valence-corrected chi connectivity index (χ2v) is 9.13. The van der Waals surface area contributed by atoms with Gasteiger partial charge in [0, 0.05) is 23.5 Å². The molecule has 2 amide bonds. The van der Waals surface area contributed by atoms with Gasteiger partial charge >= 0.3 is 0 Å². The van der Waals surface area contributed by atoms with E-state index < -0.39 is 17.7 Å². The molecule has 1 atom stereocenters. The average Bonchev–Trinajstić information content (AvgIpc) is 3.32. The highest BCUT2D eigenvalue weighted by molar-refractivity contribution is 7.10. The van der Waals surface area contributed by atoms with E-state index in [1.807, 2.05) is 18.4 Å². The molecule has 5 nitrogen and oxygen atoms in total. The van der Waals surface area contributed by atoms with Crippen LogP contribution in [0.5, 0.6) is 5.75 Å². The molecule has 0 saturated heterocycles. The zero-order valence-corrected chi connectivity index (χ0v) is 19.7. The number of para-hydroxylation sites is 1. The second kappa shape index (κ2) is 10.8. The maximum atomic E-state index is 14.1. The summed E-state index contributed by atoms with van der Waals surface area (Å²) in [6, 6.07) is 13.2. The molecule has 1 aliphatic rings. The first kappa shape index (κ1) is 23.9. The van der Waals surface area contributed by atoms with Crippen molar-refractivity contribution in [3.8, 4) is 5.75 Å². The van der Waals surface area contributed by atoms with Crippen LogP contribution in [0.2, 0.25) is 0 Å². The molecule has 8 heteroatoms. The lowest BCUT2D eigenvalue weighted by Crippen LogP contribution is -2.48. The number of halogens is 2. The molecule has 0 aliphatic carbocycles. The fourth-order valence-corrected chi connectivity index (χ4v) is 5.11. The number of hydrogen-bond acceptors (Lipinski definition) is 4. The Morgan fingerprint density at radius 2 is 1.97 bits per heavy atom. The van der Waals surface area contributed by atoms with E-state index in [9.17, 15) is 18.4 Å². The number of nitrogens with zero attached hydrogens (tertiary/aromatic N) is 2.